The Labute approximate surface area is 360 Å². The van der Waals surface area contributed by atoms with Gasteiger partial charge < -0.3 is 23.8 Å². The fourth-order valence-corrected chi connectivity index (χ4v) is 7.16. The van der Waals surface area contributed by atoms with Crippen LogP contribution in [0.1, 0.15) is 85.4 Å². The van der Waals surface area contributed by atoms with E-state index in [1.807, 2.05) is 95.3 Å². The number of sulfonamides is 1. The van der Waals surface area contributed by atoms with E-state index in [1.54, 1.807) is 58.9 Å². The molecule has 15 heteroatoms. The van der Waals surface area contributed by atoms with Crippen molar-refractivity contribution in [2.24, 2.45) is 5.92 Å². The predicted molar refractivity (Wildman–Crippen MR) is 244 cm³/mol. The number of carbonyl (C=O) groups excluding carboxylic acids is 1. The Morgan fingerprint density at radius 1 is 0.950 bits per heavy atom. The molecule has 3 aromatic carbocycles. The van der Waals surface area contributed by atoms with Gasteiger partial charge in [-0.15, -0.1) is 19.4 Å². The largest absolute Gasteiger partial charge is 0.444 e. The summed E-state index contributed by atoms with van der Waals surface area (Å²) in [6.45, 7) is 24.0. The van der Waals surface area contributed by atoms with Crippen molar-refractivity contribution < 1.29 is 41.2 Å². The van der Waals surface area contributed by atoms with E-state index in [0.717, 1.165) is 16.7 Å². The summed E-state index contributed by atoms with van der Waals surface area (Å²) in [5, 5.41) is 12.8. The molecule has 0 radical (unpaired) electrons. The third-order valence-electron chi connectivity index (χ3n) is 7.25. The normalized spacial score (nSPS) is 11.2. The molecule has 3 rings (SSSR count). The summed E-state index contributed by atoms with van der Waals surface area (Å²) in [6, 6.07) is 25.5. The van der Waals surface area contributed by atoms with E-state index < -0.39 is 34.2 Å². The first-order chi connectivity index (χ1) is 28.3. The Morgan fingerprint density at radius 2 is 1.43 bits per heavy atom. The molecule has 0 aliphatic carbocycles. The number of ether oxygens (including phenoxy) is 2. The Morgan fingerprint density at radius 3 is 1.83 bits per heavy atom. The van der Waals surface area contributed by atoms with Gasteiger partial charge >= 0.3 is 13.7 Å². The molecule has 0 saturated heterocycles. The molecule has 1 amide bonds. The number of allylic oxidation sites excluding steroid dienone is 2. The summed E-state index contributed by atoms with van der Waals surface area (Å²) in [6.07, 6.45) is 11.1. The molecule has 0 unspecified atom stereocenters. The van der Waals surface area contributed by atoms with E-state index in [9.17, 15) is 27.9 Å². The smallest absolute Gasteiger partial charge is 0.407 e. The van der Waals surface area contributed by atoms with Crippen molar-refractivity contribution in [3.63, 3.8) is 0 Å². The third kappa shape index (κ3) is 27.2. The van der Waals surface area contributed by atoms with Gasteiger partial charge in [0.15, 0.2) is 0 Å². The molecule has 0 aliphatic heterocycles. The minimum atomic E-state index is -3.43. The number of benzene rings is 3. The second-order valence-electron chi connectivity index (χ2n) is 13.9. The van der Waals surface area contributed by atoms with Crippen LogP contribution in [0, 0.1) is 35.8 Å². The van der Waals surface area contributed by atoms with Gasteiger partial charge in [-0.2, -0.15) is 4.31 Å². The number of nitrogens with zero attached hydrogens (tertiary/aromatic N) is 2. The molecule has 13 nitrogen and oxygen atoms in total. The van der Waals surface area contributed by atoms with Gasteiger partial charge in [0.2, 0.25) is 10.0 Å². The number of terminal acetylenes is 1. The highest BCUT2D eigenvalue weighted by Crippen LogP contribution is 2.49. The van der Waals surface area contributed by atoms with Crippen molar-refractivity contribution >= 4 is 29.4 Å². The standard InChI is InChI=1S/C18H21O4P.C16H32N2O4S.C7H7NO2.C2H6.C2H2/c1-2-13-20-16-23(19,21-14-17-9-5-3-6-10-17)22-15-18-11-7-4-8-12-18;1-8-14(4)23(20,21)18(12-13(2)3)11-9-10-17-15(19)22-16(5,6)7;1-6-2-4-7(5-3-6)8(9)10;2*1-2/h2-12H,1,13-16H2;8,13H,9-12H2,1-7H3,(H,17,19);2-5H,1H3;1-2H3;1-2H/b;14-8+;;;. The number of carbonyl (C=O) groups is 1. The van der Waals surface area contributed by atoms with Crippen molar-refractivity contribution in [1.29, 1.82) is 0 Å². The van der Waals surface area contributed by atoms with Crippen molar-refractivity contribution in [2.45, 2.75) is 94.5 Å². The van der Waals surface area contributed by atoms with Crippen LogP contribution in [-0.2, 0) is 46.3 Å². The van der Waals surface area contributed by atoms with Crippen LogP contribution >= 0.6 is 7.60 Å². The maximum atomic E-state index is 12.8. The van der Waals surface area contributed by atoms with Gasteiger partial charge in [0.25, 0.3) is 5.69 Å². The number of non-ortho nitro benzene ring substituents is 1. The highest BCUT2D eigenvalue weighted by atomic mass is 32.2. The average molecular weight is 874 g/mol. The number of nitro benzene ring substituents is 1. The zero-order valence-corrected chi connectivity index (χ0v) is 38.9. The van der Waals surface area contributed by atoms with Crippen LogP contribution in [0.15, 0.2) is 109 Å². The van der Waals surface area contributed by atoms with Gasteiger partial charge in [-0.3, -0.25) is 14.7 Å². The monoisotopic (exact) mass is 873 g/mol. The number of hydrogen-bond acceptors (Lipinski definition) is 10. The number of nitrogens with one attached hydrogen (secondary N) is 1. The van der Waals surface area contributed by atoms with Gasteiger partial charge in [0.1, 0.15) is 11.9 Å². The Hall–Kier alpha value is -4.61. The van der Waals surface area contributed by atoms with E-state index in [-0.39, 0.29) is 31.2 Å². The Balaban J connectivity index is 0. The quantitative estimate of drug-likeness (QED) is 0.0306. The Bertz CT molecular complexity index is 1780. The lowest BCUT2D eigenvalue weighted by atomic mass is 10.2. The fraction of sp³-hybridized carbons (Fsp3) is 0.444. The van der Waals surface area contributed by atoms with Crippen LogP contribution < -0.4 is 5.32 Å². The first-order valence-corrected chi connectivity index (χ1v) is 22.8. The predicted octanol–water partition coefficient (Wildman–Crippen LogP) is 11.1. The van der Waals surface area contributed by atoms with E-state index >= 15 is 0 Å². The molecule has 0 atom stereocenters. The highest BCUT2D eigenvalue weighted by molar-refractivity contribution is 7.93. The molecule has 0 spiro atoms. The molecule has 3 aromatic rings. The third-order valence-corrected chi connectivity index (χ3v) is 10.9. The van der Waals surface area contributed by atoms with Crippen molar-refractivity contribution in [1.82, 2.24) is 9.62 Å². The van der Waals surface area contributed by atoms with Crippen LogP contribution in [0.3, 0.4) is 0 Å². The van der Waals surface area contributed by atoms with Crippen LogP contribution in [0.25, 0.3) is 0 Å². The lowest BCUT2D eigenvalue weighted by molar-refractivity contribution is -0.384. The second kappa shape index (κ2) is 32.2. The van der Waals surface area contributed by atoms with E-state index in [4.69, 9.17) is 18.5 Å². The zero-order chi connectivity index (χ0) is 46.2. The molecule has 334 valence electrons. The highest BCUT2D eigenvalue weighted by Gasteiger charge is 2.26. The number of alkyl carbamates (subject to hydrolysis) is 1. The van der Waals surface area contributed by atoms with Crippen molar-refractivity contribution in [3.05, 3.63) is 135 Å². The number of rotatable bonds is 19. The fourth-order valence-electron chi connectivity index (χ4n) is 4.35. The average Bonchev–Trinajstić information content (AvgIpc) is 3.22. The second-order valence-corrected chi connectivity index (χ2v) is 18.1. The molecule has 0 heterocycles. The molecule has 0 aliphatic rings. The molecular weight excluding hydrogens is 806 g/mol. The van der Waals surface area contributed by atoms with Crippen molar-refractivity contribution in [3.8, 4) is 12.8 Å². The van der Waals surface area contributed by atoms with Crippen molar-refractivity contribution in [2.75, 3.05) is 32.6 Å². The first kappa shape index (κ1) is 57.5. The van der Waals surface area contributed by atoms with E-state index in [0.29, 0.717) is 37.6 Å². The van der Waals surface area contributed by atoms with Crippen LogP contribution in [-0.4, -0.2) is 61.9 Å². The minimum Gasteiger partial charge on any atom is -0.444 e. The molecule has 60 heavy (non-hydrogen) atoms. The number of hydrogen-bond donors (Lipinski definition) is 1. The van der Waals surface area contributed by atoms with Gasteiger partial charge in [-0.05, 0) is 65.0 Å². The summed E-state index contributed by atoms with van der Waals surface area (Å²) in [7, 11) is -6.78. The molecule has 0 bridgehead atoms. The summed E-state index contributed by atoms with van der Waals surface area (Å²) in [5.74, 6) is 0.230. The van der Waals surface area contributed by atoms with E-state index in [2.05, 4.69) is 24.7 Å². The molecule has 0 aromatic heterocycles. The molecule has 0 saturated carbocycles. The van der Waals surface area contributed by atoms with E-state index in [1.165, 1.54) is 16.4 Å². The maximum Gasteiger partial charge on any atom is 0.407 e. The summed E-state index contributed by atoms with van der Waals surface area (Å²) in [4.78, 5) is 21.6. The van der Waals surface area contributed by atoms with Gasteiger partial charge in [0, 0.05) is 31.8 Å². The van der Waals surface area contributed by atoms with Gasteiger partial charge in [-0.25, -0.2) is 13.2 Å². The van der Waals surface area contributed by atoms with Gasteiger partial charge in [0.05, 0.1) is 29.6 Å². The maximum absolute atomic E-state index is 12.8. The summed E-state index contributed by atoms with van der Waals surface area (Å²) >= 11 is 0. The topological polar surface area (TPSA) is 164 Å². The van der Waals surface area contributed by atoms with Crippen LogP contribution in [0.2, 0.25) is 0 Å². The number of amides is 1. The summed E-state index contributed by atoms with van der Waals surface area (Å²) in [5.41, 5.74) is 2.50. The first-order valence-electron chi connectivity index (χ1n) is 19.6. The number of aryl methyl sites for hydroxylation is 1. The lowest BCUT2D eigenvalue weighted by Crippen LogP contribution is -2.38. The zero-order valence-electron chi connectivity index (χ0n) is 37.2. The summed E-state index contributed by atoms with van der Waals surface area (Å²) < 4.78 is 60.8. The van der Waals surface area contributed by atoms with Crippen LogP contribution in [0.5, 0.6) is 0 Å². The van der Waals surface area contributed by atoms with Crippen LogP contribution in [0.4, 0.5) is 10.5 Å². The minimum absolute atomic E-state index is 0.0985. The molecular formula is C45H68N3O10PS. The lowest BCUT2D eigenvalue weighted by Gasteiger charge is -2.24. The Kier molecular flexibility index (Phi) is 30.8. The molecule has 1 N–H and O–H groups in total. The SMILES string of the molecule is C#C.C/C=C(\C)S(=O)(=O)N(CCCNC(=O)OC(C)(C)C)CC(C)C.C=CCOCP(=O)(OCc1ccccc1)OCc1ccccc1.CC.Cc1ccc([N+](=O)[O-])cc1. The van der Waals surface area contributed by atoms with Gasteiger partial charge in [-0.1, -0.05) is 118 Å². The number of nitro groups is 1. The molecule has 0 fully saturated rings.